The van der Waals surface area contributed by atoms with Gasteiger partial charge < -0.3 is 15.8 Å². The standard InChI is InChI=1S/C15H19N3O/c1-2-9-19-14-7-3-6-13(15(14)16)18-11-12-5-4-8-17-10-12/h3-8,10,18H,2,9,11,16H2,1H3. The Labute approximate surface area is 113 Å². The Morgan fingerprint density at radius 2 is 2.16 bits per heavy atom. The molecule has 4 heteroatoms. The minimum atomic E-state index is 0.653. The fourth-order valence-electron chi connectivity index (χ4n) is 1.74. The minimum absolute atomic E-state index is 0.653. The van der Waals surface area contributed by atoms with Crippen molar-refractivity contribution in [1.82, 2.24) is 4.98 Å². The Bertz CT molecular complexity index is 514. The molecular formula is C15H19N3O. The van der Waals surface area contributed by atoms with E-state index in [1.54, 1.807) is 6.20 Å². The Morgan fingerprint density at radius 3 is 2.89 bits per heavy atom. The predicted molar refractivity (Wildman–Crippen MR) is 78.2 cm³/mol. The molecule has 1 aromatic carbocycles. The molecule has 0 atom stereocenters. The van der Waals surface area contributed by atoms with Crippen LogP contribution in [0.5, 0.6) is 5.75 Å². The van der Waals surface area contributed by atoms with Gasteiger partial charge in [0, 0.05) is 18.9 Å². The zero-order chi connectivity index (χ0) is 13.5. The highest BCUT2D eigenvalue weighted by molar-refractivity contribution is 5.72. The zero-order valence-corrected chi connectivity index (χ0v) is 11.1. The van der Waals surface area contributed by atoms with Gasteiger partial charge in [-0.15, -0.1) is 0 Å². The van der Waals surface area contributed by atoms with Crippen LogP contribution in [-0.4, -0.2) is 11.6 Å². The summed E-state index contributed by atoms with van der Waals surface area (Å²) in [5, 5.41) is 3.30. The monoisotopic (exact) mass is 257 g/mol. The van der Waals surface area contributed by atoms with Crippen molar-refractivity contribution >= 4 is 11.4 Å². The third-order valence-electron chi connectivity index (χ3n) is 2.73. The first-order chi connectivity index (χ1) is 9.31. The number of aromatic nitrogens is 1. The van der Waals surface area contributed by atoms with Crippen LogP contribution >= 0.6 is 0 Å². The third kappa shape index (κ3) is 3.61. The lowest BCUT2D eigenvalue weighted by atomic mass is 10.2. The molecule has 1 aromatic heterocycles. The van der Waals surface area contributed by atoms with Crippen LogP contribution in [0.4, 0.5) is 11.4 Å². The number of pyridine rings is 1. The van der Waals surface area contributed by atoms with E-state index in [2.05, 4.69) is 17.2 Å². The van der Waals surface area contributed by atoms with Gasteiger partial charge in [-0.25, -0.2) is 0 Å². The van der Waals surface area contributed by atoms with E-state index in [1.807, 2.05) is 36.5 Å². The summed E-state index contributed by atoms with van der Waals surface area (Å²) in [5.41, 5.74) is 8.74. The van der Waals surface area contributed by atoms with Gasteiger partial charge in [-0.1, -0.05) is 19.1 Å². The summed E-state index contributed by atoms with van der Waals surface area (Å²) in [7, 11) is 0. The predicted octanol–water partition coefficient (Wildman–Crippen LogP) is 3.06. The van der Waals surface area contributed by atoms with Crippen LogP contribution in [0.3, 0.4) is 0 Å². The number of anilines is 2. The summed E-state index contributed by atoms with van der Waals surface area (Å²) >= 11 is 0. The number of hydrogen-bond acceptors (Lipinski definition) is 4. The van der Waals surface area contributed by atoms with Crippen LogP contribution in [0.2, 0.25) is 0 Å². The first-order valence-electron chi connectivity index (χ1n) is 6.45. The molecule has 0 radical (unpaired) electrons. The molecule has 0 bridgehead atoms. The van der Waals surface area contributed by atoms with Gasteiger partial charge in [0.2, 0.25) is 0 Å². The number of nitrogens with zero attached hydrogens (tertiary/aromatic N) is 1. The molecule has 0 aliphatic rings. The van der Waals surface area contributed by atoms with Gasteiger partial charge in [0.25, 0.3) is 0 Å². The summed E-state index contributed by atoms with van der Waals surface area (Å²) in [6.07, 6.45) is 4.56. The largest absolute Gasteiger partial charge is 0.491 e. The smallest absolute Gasteiger partial charge is 0.144 e. The molecule has 0 amide bonds. The lowest BCUT2D eigenvalue weighted by Gasteiger charge is -2.13. The molecule has 3 N–H and O–H groups in total. The van der Waals surface area contributed by atoms with Gasteiger partial charge >= 0.3 is 0 Å². The first-order valence-corrected chi connectivity index (χ1v) is 6.45. The topological polar surface area (TPSA) is 60.2 Å². The van der Waals surface area contributed by atoms with Gasteiger partial charge in [-0.2, -0.15) is 0 Å². The van der Waals surface area contributed by atoms with Gasteiger partial charge in [0.05, 0.1) is 18.0 Å². The van der Waals surface area contributed by atoms with Gasteiger partial charge in [-0.3, -0.25) is 4.98 Å². The Kier molecular flexibility index (Phi) is 4.61. The number of nitrogens with one attached hydrogen (secondary N) is 1. The molecule has 0 spiro atoms. The summed E-state index contributed by atoms with van der Waals surface area (Å²) in [6.45, 7) is 3.44. The molecule has 0 saturated carbocycles. The van der Waals surface area contributed by atoms with E-state index in [-0.39, 0.29) is 0 Å². The van der Waals surface area contributed by atoms with Gasteiger partial charge in [0.15, 0.2) is 0 Å². The van der Waals surface area contributed by atoms with Crippen molar-refractivity contribution in [3.63, 3.8) is 0 Å². The number of rotatable bonds is 6. The van der Waals surface area contributed by atoms with E-state index < -0.39 is 0 Å². The summed E-state index contributed by atoms with van der Waals surface area (Å²) in [5.74, 6) is 0.734. The highest BCUT2D eigenvalue weighted by atomic mass is 16.5. The molecule has 0 aliphatic heterocycles. The van der Waals surface area contributed by atoms with E-state index in [1.165, 1.54) is 0 Å². The minimum Gasteiger partial charge on any atom is -0.491 e. The second-order valence-electron chi connectivity index (χ2n) is 4.28. The average molecular weight is 257 g/mol. The fourth-order valence-corrected chi connectivity index (χ4v) is 1.74. The normalized spacial score (nSPS) is 10.2. The zero-order valence-electron chi connectivity index (χ0n) is 11.1. The number of nitrogens with two attached hydrogens (primary N) is 1. The van der Waals surface area contributed by atoms with Crippen LogP contribution in [0.15, 0.2) is 42.7 Å². The van der Waals surface area contributed by atoms with Crippen molar-refractivity contribution in [3.05, 3.63) is 48.3 Å². The quantitative estimate of drug-likeness (QED) is 0.781. The summed E-state index contributed by atoms with van der Waals surface area (Å²) in [4.78, 5) is 4.08. The van der Waals surface area contributed by atoms with Crippen molar-refractivity contribution in [2.75, 3.05) is 17.7 Å². The lowest BCUT2D eigenvalue weighted by molar-refractivity contribution is 0.319. The van der Waals surface area contributed by atoms with E-state index >= 15 is 0 Å². The Hall–Kier alpha value is -2.23. The van der Waals surface area contributed by atoms with Crippen molar-refractivity contribution < 1.29 is 4.74 Å². The van der Waals surface area contributed by atoms with E-state index in [9.17, 15) is 0 Å². The Morgan fingerprint density at radius 1 is 1.26 bits per heavy atom. The maximum atomic E-state index is 6.09. The van der Waals surface area contributed by atoms with Gasteiger partial charge in [-0.05, 0) is 30.2 Å². The second-order valence-corrected chi connectivity index (χ2v) is 4.28. The average Bonchev–Trinajstić information content (AvgIpc) is 2.46. The van der Waals surface area contributed by atoms with E-state index in [0.717, 1.165) is 23.4 Å². The molecule has 0 saturated heterocycles. The van der Waals surface area contributed by atoms with Crippen LogP contribution < -0.4 is 15.8 Å². The van der Waals surface area contributed by atoms with Crippen LogP contribution in [-0.2, 0) is 6.54 Å². The third-order valence-corrected chi connectivity index (χ3v) is 2.73. The van der Waals surface area contributed by atoms with Crippen molar-refractivity contribution in [2.24, 2.45) is 0 Å². The maximum absolute atomic E-state index is 6.09. The molecule has 4 nitrogen and oxygen atoms in total. The van der Waals surface area contributed by atoms with E-state index in [4.69, 9.17) is 10.5 Å². The number of nitrogen functional groups attached to an aromatic ring is 1. The SMILES string of the molecule is CCCOc1cccc(NCc2cccnc2)c1N. The molecule has 0 fully saturated rings. The van der Waals surface area contributed by atoms with Crippen molar-refractivity contribution in [2.45, 2.75) is 19.9 Å². The summed E-state index contributed by atoms with van der Waals surface area (Å²) < 4.78 is 5.60. The molecule has 0 aliphatic carbocycles. The number of benzene rings is 1. The fraction of sp³-hybridized carbons (Fsp3) is 0.267. The van der Waals surface area contributed by atoms with Crippen molar-refractivity contribution in [1.29, 1.82) is 0 Å². The highest BCUT2D eigenvalue weighted by Crippen LogP contribution is 2.29. The lowest BCUT2D eigenvalue weighted by Crippen LogP contribution is -2.05. The number of hydrogen-bond donors (Lipinski definition) is 2. The van der Waals surface area contributed by atoms with Crippen LogP contribution in [0, 0.1) is 0 Å². The molecule has 2 aromatic rings. The summed E-state index contributed by atoms with van der Waals surface area (Å²) in [6, 6.07) is 9.71. The highest BCUT2D eigenvalue weighted by Gasteiger charge is 2.05. The number of para-hydroxylation sites is 1. The van der Waals surface area contributed by atoms with Gasteiger partial charge in [0.1, 0.15) is 5.75 Å². The van der Waals surface area contributed by atoms with Crippen LogP contribution in [0.25, 0.3) is 0 Å². The number of ether oxygens (including phenoxy) is 1. The second kappa shape index (κ2) is 6.64. The Balaban J connectivity index is 2.04. The van der Waals surface area contributed by atoms with E-state index in [0.29, 0.717) is 18.8 Å². The first kappa shape index (κ1) is 13.2. The van der Waals surface area contributed by atoms with Crippen LogP contribution in [0.1, 0.15) is 18.9 Å². The molecule has 100 valence electrons. The molecular weight excluding hydrogens is 238 g/mol. The molecule has 2 rings (SSSR count). The van der Waals surface area contributed by atoms with Crippen molar-refractivity contribution in [3.8, 4) is 5.75 Å². The maximum Gasteiger partial charge on any atom is 0.144 e. The molecule has 0 unspecified atom stereocenters. The molecule has 1 heterocycles. The molecule has 19 heavy (non-hydrogen) atoms.